The maximum atomic E-state index is 14.2. The van der Waals surface area contributed by atoms with Gasteiger partial charge >= 0.3 is 11.9 Å². The molecule has 28 nitrogen and oxygen atoms in total. The molecular weight excluding hydrogens is 927 g/mol. The van der Waals surface area contributed by atoms with Crippen LogP contribution in [0, 0.1) is 0 Å². The van der Waals surface area contributed by atoms with E-state index >= 15 is 0 Å². The molecule has 2 amide bonds. The lowest BCUT2D eigenvalue weighted by Gasteiger charge is -2.26. The number of guanidine groups is 4. The molecule has 26 N–H and O–H groups in total. The molecule has 0 aromatic rings. The van der Waals surface area contributed by atoms with Gasteiger partial charge in [-0.15, -0.1) is 0 Å². The van der Waals surface area contributed by atoms with E-state index in [1.165, 1.54) is 0 Å². The van der Waals surface area contributed by atoms with E-state index in [1.807, 2.05) is 6.92 Å². The van der Waals surface area contributed by atoms with Gasteiger partial charge in [0.25, 0.3) is 0 Å². The molecule has 0 aliphatic heterocycles. The Labute approximate surface area is 416 Å². The predicted octanol–water partition coefficient (Wildman–Crippen LogP) is -4.33. The van der Waals surface area contributed by atoms with Crippen LogP contribution in [0.3, 0.4) is 0 Å². The molecule has 1 unspecified atom stereocenters. The number of Topliss-reactive ketones (excluding diaryl/α,β-unsaturated/α-hetero) is 3. The Morgan fingerprint density at radius 2 is 0.859 bits per heavy atom. The number of nitrogens with zero attached hydrogens (tertiary/aromatic N) is 4. The van der Waals surface area contributed by atoms with E-state index in [1.54, 1.807) is 0 Å². The summed E-state index contributed by atoms with van der Waals surface area (Å²) < 4.78 is 0. The minimum Gasteiger partial charge on any atom is -0.481 e. The fraction of sp³-hybridized carbons (Fsp3) is 0.744. The number of aliphatic carboxylic acids is 2. The number of hydrogen-bond donors (Lipinski definition) is 17. The quantitative estimate of drug-likeness (QED) is 0.00902. The number of nitrogens with one attached hydrogen (secondary N) is 6. The summed E-state index contributed by atoms with van der Waals surface area (Å²) in [5.74, 6) is -6.69. The van der Waals surface area contributed by atoms with E-state index < -0.39 is 71.9 Å². The summed E-state index contributed by atoms with van der Waals surface area (Å²) in [5, 5.41) is 31.0. The third kappa shape index (κ3) is 33.1. The smallest absolute Gasteiger partial charge is 0.322 e. The van der Waals surface area contributed by atoms with Crippen LogP contribution in [0.25, 0.3) is 0 Å². The molecule has 28 heteroatoms. The Kier molecular flexibility index (Phi) is 36.0. The van der Waals surface area contributed by atoms with Crippen LogP contribution in [0.1, 0.15) is 122 Å². The Morgan fingerprint density at radius 1 is 0.451 bits per heavy atom. The van der Waals surface area contributed by atoms with Crippen molar-refractivity contribution in [1.82, 2.24) is 32.1 Å². The summed E-state index contributed by atoms with van der Waals surface area (Å²) in [6, 6.07) is -6.69. The van der Waals surface area contributed by atoms with E-state index in [0.717, 1.165) is 19.3 Å². The zero-order chi connectivity index (χ0) is 53.6. The predicted molar refractivity (Wildman–Crippen MR) is 272 cm³/mol. The number of carbonyl (C=O) groups is 7. The largest absolute Gasteiger partial charge is 0.481 e. The lowest BCUT2D eigenvalue weighted by Crippen LogP contribution is -2.59. The molecule has 0 spiro atoms. The monoisotopic (exact) mass is 1010 g/mol. The fourth-order valence-electron chi connectivity index (χ4n) is 7.03. The molecule has 0 aromatic heterocycles. The van der Waals surface area contributed by atoms with Crippen molar-refractivity contribution in [3.8, 4) is 0 Å². The lowest BCUT2D eigenvalue weighted by atomic mass is 9.95. The number of carbonyl (C=O) groups excluding carboxylic acids is 5. The number of hydrogen-bond acceptors (Lipinski definition) is 16. The van der Waals surface area contributed by atoms with Gasteiger partial charge < -0.3 is 83.1 Å². The first-order valence-electron chi connectivity index (χ1n) is 24.3. The summed E-state index contributed by atoms with van der Waals surface area (Å²) in [5.41, 5.74) is 54.7. The van der Waals surface area contributed by atoms with Gasteiger partial charge in [0.05, 0.1) is 18.1 Å². The highest BCUT2D eigenvalue weighted by Crippen LogP contribution is 2.11. The molecular formula is C43H85N19O9. The highest BCUT2D eigenvalue weighted by atomic mass is 16.4. The number of nitrogens with two attached hydrogens (primary N) is 9. The Morgan fingerprint density at radius 3 is 1.32 bits per heavy atom. The van der Waals surface area contributed by atoms with Crippen molar-refractivity contribution in [2.75, 3.05) is 45.8 Å². The van der Waals surface area contributed by atoms with Gasteiger partial charge in [0.1, 0.15) is 23.9 Å². The van der Waals surface area contributed by atoms with Gasteiger partial charge in [-0.3, -0.25) is 53.5 Å². The summed E-state index contributed by atoms with van der Waals surface area (Å²) >= 11 is 0. The minimum absolute atomic E-state index is 0.0252. The average molecular weight is 1010 g/mol. The zero-order valence-corrected chi connectivity index (χ0v) is 41.4. The molecule has 0 heterocycles. The minimum atomic E-state index is -1.47. The lowest BCUT2D eigenvalue weighted by molar-refractivity contribution is -0.141. The van der Waals surface area contributed by atoms with Crippen molar-refractivity contribution in [3.63, 3.8) is 0 Å². The number of hydrazine groups is 1. The molecule has 0 bridgehead atoms. The number of aliphatic imine (C=N–C) groups is 4. The Bertz CT molecular complexity index is 1730. The van der Waals surface area contributed by atoms with Gasteiger partial charge in [0, 0.05) is 39.0 Å². The van der Waals surface area contributed by atoms with Crippen LogP contribution < -0.4 is 83.7 Å². The number of amides is 2. The van der Waals surface area contributed by atoms with Gasteiger partial charge in [0.15, 0.2) is 23.8 Å². The van der Waals surface area contributed by atoms with Gasteiger partial charge in [-0.05, 0) is 110 Å². The van der Waals surface area contributed by atoms with E-state index in [4.69, 9.17) is 51.6 Å². The second kappa shape index (κ2) is 39.5. The van der Waals surface area contributed by atoms with Crippen molar-refractivity contribution in [2.24, 2.45) is 71.6 Å². The molecule has 0 fully saturated rings. The van der Waals surface area contributed by atoms with Crippen molar-refractivity contribution in [3.05, 3.63) is 0 Å². The van der Waals surface area contributed by atoms with Gasteiger partial charge in [-0.2, -0.15) is 0 Å². The third-order valence-electron chi connectivity index (χ3n) is 10.8. The molecule has 0 rings (SSSR count). The summed E-state index contributed by atoms with van der Waals surface area (Å²) in [6.07, 6.45) is 5.54. The Balaban J connectivity index is 6.45. The SMILES string of the molecule is CCCC(=O)[C@H](CCCCN)NCCCCCN[C@@H](CCC(=O)O)C(=O)C(=O)[C@H](CCCN=C(N)N)NC(=O)C(CCCN=C(N)N)NC(=O)[C@H](CCCN=C(N)N)NN[C@@H](CCCN=C(N)N)C(=O)O. The van der Waals surface area contributed by atoms with Gasteiger partial charge in [-0.1, -0.05) is 19.8 Å². The first-order valence-corrected chi connectivity index (χ1v) is 24.3. The number of unbranched alkanes of at least 4 members (excludes halogenated alkanes) is 3. The van der Waals surface area contributed by atoms with Crippen LogP contribution in [0.15, 0.2) is 20.0 Å². The molecule has 0 aliphatic rings. The number of carboxylic acids is 2. The molecule has 0 saturated heterocycles. The summed E-state index contributed by atoms with van der Waals surface area (Å²) in [7, 11) is 0. The van der Waals surface area contributed by atoms with Crippen LogP contribution in [-0.2, 0) is 33.6 Å². The number of ketones is 3. The van der Waals surface area contributed by atoms with Crippen molar-refractivity contribution in [2.45, 2.75) is 159 Å². The third-order valence-corrected chi connectivity index (χ3v) is 10.8. The molecule has 0 saturated carbocycles. The van der Waals surface area contributed by atoms with Crippen LogP contribution in [0.4, 0.5) is 0 Å². The van der Waals surface area contributed by atoms with E-state index in [2.05, 4.69) is 52.1 Å². The van der Waals surface area contributed by atoms with E-state index in [9.17, 15) is 43.8 Å². The normalized spacial score (nSPS) is 13.5. The molecule has 0 radical (unpaired) electrons. The highest BCUT2D eigenvalue weighted by molar-refractivity contribution is 6.41. The molecule has 6 atom stereocenters. The second-order valence-corrected chi connectivity index (χ2v) is 16.9. The first kappa shape index (κ1) is 64.8. The fourth-order valence-corrected chi connectivity index (χ4v) is 7.03. The number of rotatable bonds is 45. The maximum Gasteiger partial charge on any atom is 0.322 e. The van der Waals surface area contributed by atoms with Crippen LogP contribution >= 0.6 is 0 Å². The van der Waals surface area contributed by atoms with E-state index in [0.29, 0.717) is 45.2 Å². The average Bonchev–Trinajstić information content (AvgIpc) is 3.30. The topological polar surface area (TPSA) is 516 Å². The molecule has 0 aliphatic carbocycles. The van der Waals surface area contributed by atoms with Crippen molar-refractivity contribution >= 4 is 64.9 Å². The second-order valence-electron chi connectivity index (χ2n) is 16.9. The van der Waals surface area contributed by atoms with Crippen LogP contribution in [-0.4, -0.2) is 157 Å². The van der Waals surface area contributed by atoms with Crippen molar-refractivity contribution < 1.29 is 43.8 Å². The number of carboxylic acid groups (broad SMARTS) is 2. The highest BCUT2D eigenvalue weighted by Gasteiger charge is 2.34. The molecule has 71 heavy (non-hydrogen) atoms. The standard InChI is InChI=1S/C43H85N19O9/c1-2-12-33(63)27(13-4-5-20-44)53-21-6-3-7-22-54-28(18-19-34(64)65)35(66)36(67)29(14-8-23-55-40(45)46)59-37(68)30(15-9-24-56-41(47)48)60-38(69)31(16-10-25-57-42(49)50)61-62-32(39(70)71)17-11-26-58-43(51)52/h27-32,53-54,61-62H,2-26,44H2,1H3,(H,59,68)(H,60,69)(H,64,65)(H,70,71)(H4,45,46,55)(H4,47,48,56)(H4,49,50,57)(H4,51,52,58)/t27-,28-,29-,30?,31-,32-/m0/s1. The molecule has 0 aromatic carbocycles. The van der Waals surface area contributed by atoms with Gasteiger partial charge in [0.2, 0.25) is 23.4 Å². The zero-order valence-electron chi connectivity index (χ0n) is 41.4. The summed E-state index contributed by atoms with van der Waals surface area (Å²) in [6.45, 7) is 3.67. The molecule has 406 valence electrons. The summed E-state index contributed by atoms with van der Waals surface area (Å²) in [4.78, 5) is 108. The van der Waals surface area contributed by atoms with Crippen LogP contribution in [0.2, 0.25) is 0 Å². The Hall–Kier alpha value is -6.23. The van der Waals surface area contributed by atoms with E-state index in [-0.39, 0.29) is 126 Å². The van der Waals surface area contributed by atoms with Crippen molar-refractivity contribution in [1.29, 1.82) is 0 Å². The first-order chi connectivity index (χ1) is 33.7. The van der Waals surface area contributed by atoms with Crippen LogP contribution in [0.5, 0.6) is 0 Å². The maximum absolute atomic E-state index is 14.2. The van der Waals surface area contributed by atoms with Gasteiger partial charge in [-0.25, -0.2) is 10.9 Å².